The maximum Gasteiger partial charge on any atom is 0.237 e. The number of nitrogens with two attached hydrogens (primary N) is 1. The van der Waals surface area contributed by atoms with Gasteiger partial charge in [-0.25, -0.2) is 4.98 Å². The first-order valence-electron chi connectivity index (χ1n) is 6.05. The molecule has 1 amide bonds. The third-order valence-electron chi connectivity index (χ3n) is 2.92. The van der Waals surface area contributed by atoms with Crippen LogP contribution in [0.1, 0.15) is 38.8 Å². The summed E-state index contributed by atoms with van der Waals surface area (Å²) in [4.78, 5) is 15.7. The van der Waals surface area contributed by atoms with Crippen LogP contribution in [0.25, 0.3) is 0 Å². The number of aromatic nitrogens is 1. The van der Waals surface area contributed by atoms with E-state index in [9.17, 15) is 4.79 Å². The number of nitrogens with one attached hydrogen (secondary N) is 1. The Morgan fingerprint density at radius 2 is 2.29 bits per heavy atom. The second-order valence-corrected chi connectivity index (χ2v) is 4.20. The number of carbonyl (C=O) groups excluding carboxylic acids is 1. The highest BCUT2D eigenvalue weighted by atomic mass is 16.4. The van der Waals surface area contributed by atoms with Crippen molar-refractivity contribution in [1.82, 2.24) is 10.3 Å². The van der Waals surface area contributed by atoms with Crippen molar-refractivity contribution in [2.75, 3.05) is 0 Å². The van der Waals surface area contributed by atoms with Gasteiger partial charge in [0.25, 0.3) is 0 Å². The fraction of sp³-hybridized carbons (Fsp3) is 0.667. The second kappa shape index (κ2) is 6.39. The van der Waals surface area contributed by atoms with Crippen LogP contribution in [0, 0.1) is 5.92 Å². The maximum absolute atomic E-state index is 11.7. The van der Waals surface area contributed by atoms with E-state index in [2.05, 4.69) is 10.3 Å². The lowest BCUT2D eigenvalue weighted by atomic mass is 9.99. The Morgan fingerprint density at radius 1 is 1.59 bits per heavy atom. The Kier molecular flexibility index (Phi) is 5.15. The summed E-state index contributed by atoms with van der Waals surface area (Å²) in [5, 5.41) is 2.73. The van der Waals surface area contributed by atoms with E-state index in [0.29, 0.717) is 12.4 Å². The number of aryl methyl sites for hydroxylation is 1. The zero-order chi connectivity index (χ0) is 12.8. The molecule has 0 fully saturated rings. The van der Waals surface area contributed by atoms with Gasteiger partial charge in [0.1, 0.15) is 5.76 Å². The number of nitrogens with zero attached hydrogens (tertiary/aromatic N) is 1. The smallest absolute Gasteiger partial charge is 0.237 e. The van der Waals surface area contributed by atoms with Crippen molar-refractivity contribution in [2.24, 2.45) is 11.7 Å². The zero-order valence-electron chi connectivity index (χ0n) is 10.7. The van der Waals surface area contributed by atoms with Crippen molar-refractivity contribution in [2.45, 2.75) is 46.2 Å². The van der Waals surface area contributed by atoms with Crippen LogP contribution in [0.5, 0.6) is 0 Å². The molecular formula is C12H21N3O2. The van der Waals surface area contributed by atoms with E-state index in [1.54, 1.807) is 6.20 Å². The molecule has 0 spiro atoms. The normalized spacial score (nSPS) is 14.4. The topological polar surface area (TPSA) is 81.2 Å². The number of hydrogen-bond acceptors (Lipinski definition) is 4. The Bertz CT molecular complexity index is 362. The number of hydrogen-bond donors (Lipinski definition) is 2. The van der Waals surface area contributed by atoms with Gasteiger partial charge in [-0.15, -0.1) is 0 Å². The summed E-state index contributed by atoms with van der Waals surface area (Å²) in [6, 6.07) is -0.472. The van der Waals surface area contributed by atoms with Crippen LogP contribution in [0.3, 0.4) is 0 Å². The summed E-state index contributed by atoms with van der Waals surface area (Å²) in [5.41, 5.74) is 5.80. The van der Waals surface area contributed by atoms with Gasteiger partial charge >= 0.3 is 0 Å². The molecule has 0 bridgehead atoms. The fourth-order valence-corrected chi connectivity index (χ4v) is 1.39. The zero-order valence-corrected chi connectivity index (χ0v) is 10.7. The quantitative estimate of drug-likeness (QED) is 0.782. The highest BCUT2D eigenvalue weighted by Crippen LogP contribution is 2.06. The first-order chi connectivity index (χ1) is 8.08. The van der Waals surface area contributed by atoms with Gasteiger partial charge in [0, 0.05) is 6.42 Å². The van der Waals surface area contributed by atoms with Gasteiger partial charge < -0.3 is 15.5 Å². The number of carbonyl (C=O) groups is 1. The average Bonchev–Trinajstić information content (AvgIpc) is 2.81. The summed E-state index contributed by atoms with van der Waals surface area (Å²) >= 11 is 0. The predicted molar refractivity (Wildman–Crippen MR) is 65.2 cm³/mol. The van der Waals surface area contributed by atoms with E-state index in [4.69, 9.17) is 10.2 Å². The van der Waals surface area contributed by atoms with Crippen molar-refractivity contribution < 1.29 is 9.21 Å². The van der Waals surface area contributed by atoms with E-state index >= 15 is 0 Å². The van der Waals surface area contributed by atoms with Crippen LogP contribution in [0.2, 0.25) is 0 Å². The summed E-state index contributed by atoms with van der Waals surface area (Å²) in [7, 11) is 0. The Labute approximate surface area is 102 Å². The molecule has 0 unspecified atom stereocenters. The molecule has 1 heterocycles. The number of oxazole rings is 1. The van der Waals surface area contributed by atoms with E-state index < -0.39 is 6.04 Å². The molecule has 0 aliphatic heterocycles. The highest BCUT2D eigenvalue weighted by molar-refractivity contribution is 5.81. The summed E-state index contributed by atoms with van der Waals surface area (Å²) < 4.78 is 5.38. The molecule has 5 heteroatoms. The molecule has 0 saturated heterocycles. The average molecular weight is 239 g/mol. The van der Waals surface area contributed by atoms with E-state index in [1.165, 1.54) is 0 Å². The second-order valence-electron chi connectivity index (χ2n) is 4.20. The first kappa shape index (κ1) is 13.7. The van der Waals surface area contributed by atoms with Gasteiger partial charge in [0.15, 0.2) is 0 Å². The lowest BCUT2D eigenvalue weighted by Crippen LogP contribution is -2.44. The van der Waals surface area contributed by atoms with Crippen molar-refractivity contribution in [3.63, 3.8) is 0 Å². The standard InChI is InChI=1S/C12H21N3O2/c1-4-8(3)11(13)12(16)15-7-10-14-6-9(5-2)17-10/h6,8,11H,4-5,7,13H2,1-3H3,(H,15,16)/t8-,11-/m0/s1. The Morgan fingerprint density at radius 3 is 2.82 bits per heavy atom. The van der Waals surface area contributed by atoms with Crippen LogP contribution in [-0.2, 0) is 17.8 Å². The first-order valence-corrected chi connectivity index (χ1v) is 6.05. The summed E-state index contributed by atoms with van der Waals surface area (Å²) in [6.45, 7) is 6.26. The summed E-state index contributed by atoms with van der Waals surface area (Å²) in [5.74, 6) is 1.35. The molecule has 96 valence electrons. The lowest BCUT2D eigenvalue weighted by Gasteiger charge is -2.16. The molecule has 5 nitrogen and oxygen atoms in total. The predicted octanol–water partition coefficient (Wildman–Crippen LogP) is 1.23. The Hall–Kier alpha value is -1.36. The van der Waals surface area contributed by atoms with Crippen molar-refractivity contribution in [1.29, 1.82) is 0 Å². The molecule has 2 atom stereocenters. The number of rotatable bonds is 6. The minimum Gasteiger partial charge on any atom is -0.444 e. The number of amides is 1. The van der Waals surface area contributed by atoms with Gasteiger partial charge in [0.05, 0.1) is 18.8 Å². The minimum atomic E-state index is -0.472. The maximum atomic E-state index is 11.7. The molecule has 1 rings (SSSR count). The molecule has 1 aromatic heterocycles. The van der Waals surface area contributed by atoms with Gasteiger partial charge in [-0.05, 0) is 5.92 Å². The fourth-order valence-electron chi connectivity index (χ4n) is 1.39. The molecule has 0 aliphatic carbocycles. The highest BCUT2D eigenvalue weighted by Gasteiger charge is 2.19. The molecular weight excluding hydrogens is 218 g/mol. The van der Waals surface area contributed by atoms with E-state index in [0.717, 1.165) is 18.6 Å². The molecule has 0 aromatic carbocycles. The van der Waals surface area contributed by atoms with Crippen LogP contribution in [-0.4, -0.2) is 16.9 Å². The van der Waals surface area contributed by atoms with Crippen LogP contribution < -0.4 is 11.1 Å². The molecule has 0 aliphatic rings. The van der Waals surface area contributed by atoms with Crippen LogP contribution in [0.15, 0.2) is 10.6 Å². The Balaban J connectivity index is 2.42. The SMILES string of the molecule is CCc1cnc(CNC(=O)[C@@H](N)[C@@H](C)CC)o1. The minimum absolute atomic E-state index is 0.157. The van der Waals surface area contributed by atoms with Crippen molar-refractivity contribution in [3.05, 3.63) is 17.8 Å². The van der Waals surface area contributed by atoms with Crippen molar-refractivity contribution >= 4 is 5.91 Å². The monoisotopic (exact) mass is 239 g/mol. The molecule has 0 radical (unpaired) electrons. The van der Waals surface area contributed by atoms with Crippen molar-refractivity contribution in [3.8, 4) is 0 Å². The van der Waals surface area contributed by atoms with Gasteiger partial charge in [-0.3, -0.25) is 4.79 Å². The molecule has 1 aromatic rings. The van der Waals surface area contributed by atoms with Gasteiger partial charge in [-0.2, -0.15) is 0 Å². The van der Waals surface area contributed by atoms with Gasteiger partial charge in [0.2, 0.25) is 11.8 Å². The van der Waals surface area contributed by atoms with Crippen LogP contribution in [0.4, 0.5) is 0 Å². The summed E-state index contributed by atoms with van der Waals surface area (Å²) in [6.07, 6.45) is 3.36. The van der Waals surface area contributed by atoms with E-state index in [-0.39, 0.29) is 11.8 Å². The van der Waals surface area contributed by atoms with E-state index in [1.807, 2.05) is 20.8 Å². The molecule has 17 heavy (non-hydrogen) atoms. The molecule has 3 N–H and O–H groups in total. The largest absolute Gasteiger partial charge is 0.444 e. The van der Waals surface area contributed by atoms with Gasteiger partial charge in [-0.1, -0.05) is 27.2 Å². The molecule has 0 saturated carbocycles. The lowest BCUT2D eigenvalue weighted by molar-refractivity contribution is -0.123. The third kappa shape index (κ3) is 3.85. The van der Waals surface area contributed by atoms with Crippen LogP contribution >= 0.6 is 0 Å². The third-order valence-corrected chi connectivity index (χ3v) is 2.92.